The standard InChI is InChI=1S/C31H37ClFN3O2/c1-2-3-19-35(31(38)25-13-15-26(32)16-14-25)23-30(37)36(28-8-5-4-6-9-28)22-29-10-7-20-34(29)21-24-11-17-27(33)18-12-24/h7,10-18,20,28H,2-6,8-9,19,21-23H2,1H3. The highest BCUT2D eigenvalue weighted by Gasteiger charge is 2.29. The second kappa shape index (κ2) is 13.6. The van der Waals surface area contributed by atoms with Crippen LogP contribution in [0, 0.1) is 5.82 Å². The quantitative estimate of drug-likeness (QED) is 0.266. The third-order valence-electron chi connectivity index (χ3n) is 7.34. The summed E-state index contributed by atoms with van der Waals surface area (Å²) in [5.74, 6) is -0.423. The van der Waals surface area contributed by atoms with Gasteiger partial charge in [0.25, 0.3) is 5.91 Å². The molecule has 0 aliphatic heterocycles. The average Bonchev–Trinajstić information content (AvgIpc) is 3.37. The van der Waals surface area contributed by atoms with Crippen molar-refractivity contribution in [2.24, 2.45) is 0 Å². The number of aromatic nitrogens is 1. The van der Waals surface area contributed by atoms with Crippen LogP contribution in [-0.4, -0.2) is 45.3 Å². The minimum atomic E-state index is -0.253. The van der Waals surface area contributed by atoms with Gasteiger partial charge >= 0.3 is 0 Å². The molecule has 0 unspecified atom stereocenters. The molecule has 4 rings (SSSR count). The van der Waals surface area contributed by atoms with Gasteiger partial charge in [-0.15, -0.1) is 0 Å². The van der Waals surface area contributed by atoms with E-state index in [1.54, 1.807) is 41.3 Å². The molecule has 2 aromatic carbocycles. The molecule has 0 atom stereocenters. The van der Waals surface area contributed by atoms with Crippen molar-refractivity contribution in [3.8, 4) is 0 Å². The first kappa shape index (κ1) is 27.9. The van der Waals surface area contributed by atoms with E-state index in [0.29, 0.717) is 30.2 Å². The van der Waals surface area contributed by atoms with Crippen LogP contribution in [0.4, 0.5) is 4.39 Å². The van der Waals surface area contributed by atoms with Gasteiger partial charge in [-0.05, 0) is 73.4 Å². The van der Waals surface area contributed by atoms with E-state index in [9.17, 15) is 14.0 Å². The Morgan fingerprint density at radius 3 is 2.39 bits per heavy atom. The lowest BCUT2D eigenvalue weighted by atomic mass is 9.94. The van der Waals surface area contributed by atoms with Crippen LogP contribution in [0.2, 0.25) is 5.02 Å². The fourth-order valence-electron chi connectivity index (χ4n) is 5.15. The summed E-state index contributed by atoms with van der Waals surface area (Å²) < 4.78 is 15.5. The molecule has 1 aliphatic rings. The molecular weight excluding hydrogens is 501 g/mol. The summed E-state index contributed by atoms with van der Waals surface area (Å²) >= 11 is 6.03. The molecule has 1 saturated carbocycles. The predicted molar refractivity (Wildman–Crippen MR) is 150 cm³/mol. The summed E-state index contributed by atoms with van der Waals surface area (Å²) in [5.41, 5.74) is 2.56. The Kier molecular flexibility index (Phi) is 9.99. The molecule has 202 valence electrons. The first-order chi connectivity index (χ1) is 18.4. The molecule has 0 bridgehead atoms. The van der Waals surface area contributed by atoms with E-state index in [1.807, 2.05) is 23.2 Å². The first-order valence-electron chi connectivity index (χ1n) is 13.7. The van der Waals surface area contributed by atoms with Crippen LogP contribution >= 0.6 is 11.6 Å². The van der Waals surface area contributed by atoms with Crippen molar-refractivity contribution >= 4 is 23.4 Å². The van der Waals surface area contributed by atoms with Crippen LogP contribution in [-0.2, 0) is 17.9 Å². The van der Waals surface area contributed by atoms with Crippen molar-refractivity contribution < 1.29 is 14.0 Å². The van der Waals surface area contributed by atoms with Crippen LogP contribution in [0.25, 0.3) is 0 Å². The van der Waals surface area contributed by atoms with Gasteiger partial charge in [0.15, 0.2) is 0 Å². The molecular formula is C31H37ClFN3O2. The lowest BCUT2D eigenvalue weighted by Crippen LogP contribution is -2.47. The minimum Gasteiger partial charge on any atom is -0.345 e. The van der Waals surface area contributed by atoms with E-state index in [0.717, 1.165) is 49.8 Å². The number of halogens is 2. The van der Waals surface area contributed by atoms with Gasteiger partial charge in [0.2, 0.25) is 5.91 Å². The molecule has 1 aliphatic carbocycles. The summed E-state index contributed by atoms with van der Waals surface area (Å²) in [5, 5.41) is 0.574. The molecule has 1 aromatic heterocycles. The number of nitrogens with zero attached hydrogens (tertiary/aromatic N) is 3. The molecule has 0 saturated heterocycles. The molecule has 38 heavy (non-hydrogen) atoms. The number of rotatable bonds is 11. The second-order valence-corrected chi connectivity index (χ2v) is 10.6. The summed E-state index contributed by atoms with van der Waals surface area (Å²) in [7, 11) is 0. The zero-order valence-corrected chi connectivity index (χ0v) is 22.9. The number of carbonyl (C=O) groups is 2. The molecule has 3 aromatic rings. The van der Waals surface area contributed by atoms with Crippen molar-refractivity contribution in [1.29, 1.82) is 0 Å². The Bertz CT molecular complexity index is 1190. The highest BCUT2D eigenvalue weighted by molar-refractivity contribution is 6.30. The van der Waals surface area contributed by atoms with Gasteiger partial charge in [-0.1, -0.05) is 56.3 Å². The Labute approximate surface area is 230 Å². The molecule has 1 heterocycles. The van der Waals surface area contributed by atoms with Gasteiger partial charge in [-0.2, -0.15) is 0 Å². The topological polar surface area (TPSA) is 45.6 Å². The molecule has 0 radical (unpaired) electrons. The van der Waals surface area contributed by atoms with Gasteiger partial charge in [0.1, 0.15) is 12.4 Å². The third kappa shape index (κ3) is 7.47. The zero-order chi connectivity index (χ0) is 26.9. The van der Waals surface area contributed by atoms with E-state index < -0.39 is 0 Å². The monoisotopic (exact) mass is 537 g/mol. The molecule has 2 amide bonds. The molecule has 5 nitrogen and oxygen atoms in total. The lowest BCUT2D eigenvalue weighted by Gasteiger charge is -2.36. The molecule has 7 heteroatoms. The van der Waals surface area contributed by atoms with Crippen LogP contribution in [0.15, 0.2) is 66.9 Å². The van der Waals surface area contributed by atoms with Crippen molar-refractivity contribution in [3.63, 3.8) is 0 Å². The zero-order valence-electron chi connectivity index (χ0n) is 22.1. The maximum Gasteiger partial charge on any atom is 0.254 e. The Balaban J connectivity index is 1.54. The van der Waals surface area contributed by atoms with E-state index >= 15 is 0 Å². The summed E-state index contributed by atoms with van der Waals surface area (Å²) in [6.45, 7) is 3.75. The number of hydrogen-bond acceptors (Lipinski definition) is 2. The van der Waals surface area contributed by atoms with E-state index in [-0.39, 0.29) is 30.2 Å². The molecule has 0 N–H and O–H groups in total. The van der Waals surface area contributed by atoms with E-state index in [1.165, 1.54) is 18.6 Å². The second-order valence-electron chi connectivity index (χ2n) is 10.2. The van der Waals surface area contributed by atoms with Gasteiger partial charge in [0, 0.05) is 41.6 Å². The average molecular weight is 538 g/mol. The summed E-state index contributed by atoms with van der Waals surface area (Å²) in [6.07, 6.45) is 9.12. The number of unbranched alkanes of at least 4 members (excludes halogenated alkanes) is 1. The van der Waals surface area contributed by atoms with E-state index in [2.05, 4.69) is 11.5 Å². The Hall–Kier alpha value is -3.12. The number of hydrogen-bond donors (Lipinski definition) is 0. The number of carbonyl (C=O) groups excluding carboxylic acids is 2. The smallest absolute Gasteiger partial charge is 0.254 e. The highest BCUT2D eigenvalue weighted by Crippen LogP contribution is 2.25. The van der Waals surface area contributed by atoms with Crippen LogP contribution in [0.1, 0.15) is 73.5 Å². The summed E-state index contributed by atoms with van der Waals surface area (Å²) in [4.78, 5) is 30.9. The fraction of sp³-hybridized carbons (Fsp3) is 0.419. The van der Waals surface area contributed by atoms with Crippen molar-refractivity contribution in [2.75, 3.05) is 13.1 Å². The van der Waals surface area contributed by atoms with Gasteiger partial charge in [-0.3, -0.25) is 9.59 Å². The van der Waals surface area contributed by atoms with E-state index in [4.69, 9.17) is 11.6 Å². The third-order valence-corrected chi connectivity index (χ3v) is 7.60. The highest BCUT2D eigenvalue weighted by atomic mass is 35.5. The van der Waals surface area contributed by atoms with Crippen LogP contribution < -0.4 is 0 Å². The number of amides is 2. The maximum atomic E-state index is 13.9. The fourth-order valence-corrected chi connectivity index (χ4v) is 5.28. The van der Waals surface area contributed by atoms with Crippen molar-refractivity contribution in [2.45, 2.75) is 71.0 Å². The SMILES string of the molecule is CCCCN(CC(=O)N(Cc1cccn1Cc1ccc(F)cc1)C1CCCCC1)C(=O)c1ccc(Cl)cc1. The Morgan fingerprint density at radius 1 is 1.00 bits per heavy atom. The molecule has 1 fully saturated rings. The number of benzene rings is 2. The van der Waals surface area contributed by atoms with Gasteiger partial charge in [0.05, 0.1) is 6.54 Å². The summed E-state index contributed by atoms with van der Waals surface area (Å²) in [6, 6.07) is 17.6. The van der Waals surface area contributed by atoms with Crippen molar-refractivity contribution in [1.82, 2.24) is 14.4 Å². The van der Waals surface area contributed by atoms with Crippen molar-refractivity contribution in [3.05, 3.63) is 94.5 Å². The van der Waals surface area contributed by atoms with Crippen LogP contribution in [0.3, 0.4) is 0 Å². The minimum absolute atomic E-state index is 0.0233. The molecule has 0 spiro atoms. The first-order valence-corrected chi connectivity index (χ1v) is 14.0. The van der Waals surface area contributed by atoms with Crippen LogP contribution in [0.5, 0.6) is 0 Å². The van der Waals surface area contributed by atoms with Gasteiger partial charge < -0.3 is 14.4 Å². The normalized spacial score (nSPS) is 13.9. The predicted octanol–water partition coefficient (Wildman–Crippen LogP) is 6.93. The largest absolute Gasteiger partial charge is 0.345 e. The Morgan fingerprint density at radius 2 is 1.71 bits per heavy atom. The van der Waals surface area contributed by atoms with Gasteiger partial charge in [-0.25, -0.2) is 4.39 Å². The lowest BCUT2D eigenvalue weighted by molar-refractivity contribution is -0.135. The maximum absolute atomic E-state index is 13.9.